The van der Waals surface area contributed by atoms with Gasteiger partial charge in [-0.1, -0.05) is 398 Å². The summed E-state index contributed by atoms with van der Waals surface area (Å²) in [6.07, 6.45) is 88.9. The van der Waals surface area contributed by atoms with Crippen molar-refractivity contribution in [3.05, 3.63) is 12.2 Å². The molecule has 6 nitrogen and oxygen atoms in total. The summed E-state index contributed by atoms with van der Waals surface area (Å²) < 4.78 is 5.51. The highest BCUT2D eigenvalue weighted by Gasteiger charge is 2.18. The highest BCUT2D eigenvalue weighted by atomic mass is 16.5. The number of aliphatic hydroxyl groups excluding tert-OH is 2. The molecule has 2 unspecified atom stereocenters. The van der Waals surface area contributed by atoms with Crippen LogP contribution in [0.25, 0.3) is 0 Å². The van der Waals surface area contributed by atoms with Gasteiger partial charge in [-0.2, -0.15) is 0 Å². The zero-order valence-corrected chi connectivity index (χ0v) is 55.3. The van der Waals surface area contributed by atoms with Crippen molar-refractivity contribution in [3.8, 4) is 0 Å². The van der Waals surface area contributed by atoms with E-state index in [1.54, 1.807) is 6.08 Å². The van der Waals surface area contributed by atoms with Crippen LogP contribution in [-0.4, -0.2) is 47.4 Å². The lowest BCUT2D eigenvalue weighted by atomic mass is 10.0. The fourth-order valence-electron chi connectivity index (χ4n) is 12.1. The van der Waals surface area contributed by atoms with Crippen LogP contribution >= 0.6 is 0 Å². The van der Waals surface area contributed by atoms with Crippen LogP contribution in [-0.2, 0) is 14.3 Å². The van der Waals surface area contributed by atoms with Crippen LogP contribution in [0.3, 0.4) is 0 Å². The van der Waals surface area contributed by atoms with E-state index in [2.05, 4.69) is 19.2 Å². The highest BCUT2D eigenvalue weighted by Crippen LogP contribution is 2.20. The van der Waals surface area contributed by atoms with Gasteiger partial charge in [0, 0.05) is 12.8 Å². The van der Waals surface area contributed by atoms with Gasteiger partial charge in [-0.05, 0) is 32.1 Å². The minimum atomic E-state index is -0.841. The normalized spacial score (nSPS) is 12.5. The second-order valence-corrected chi connectivity index (χ2v) is 26.0. The number of ether oxygens (including phenoxy) is 1. The molecule has 81 heavy (non-hydrogen) atoms. The van der Waals surface area contributed by atoms with Gasteiger partial charge < -0.3 is 20.3 Å². The van der Waals surface area contributed by atoms with Gasteiger partial charge in [-0.15, -0.1) is 0 Å². The van der Waals surface area contributed by atoms with E-state index in [4.69, 9.17) is 4.74 Å². The van der Waals surface area contributed by atoms with Crippen molar-refractivity contribution in [2.45, 2.75) is 443 Å². The summed E-state index contributed by atoms with van der Waals surface area (Å²) in [5, 5.41) is 23.2. The first-order valence-corrected chi connectivity index (χ1v) is 37.5. The van der Waals surface area contributed by atoms with Crippen LogP contribution in [0, 0.1) is 0 Å². The molecule has 0 aromatic rings. The number of hydrogen-bond acceptors (Lipinski definition) is 5. The number of rotatable bonds is 71. The number of carbonyl (C=O) groups is 2. The van der Waals surface area contributed by atoms with Crippen molar-refractivity contribution < 1.29 is 24.5 Å². The fraction of sp³-hybridized carbons (Fsp3) is 0.947. The topological polar surface area (TPSA) is 95.9 Å². The maximum absolute atomic E-state index is 12.5. The van der Waals surface area contributed by atoms with Crippen molar-refractivity contribution in [2.75, 3.05) is 13.2 Å². The maximum atomic E-state index is 12.5. The Morgan fingerprint density at radius 3 is 0.840 bits per heavy atom. The van der Waals surface area contributed by atoms with Crippen LogP contribution < -0.4 is 5.32 Å². The third kappa shape index (κ3) is 67.6. The molecule has 0 fully saturated rings. The standard InChI is InChI=1S/C75H147NO5/c1-3-5-7-9-11-13-15-17-19-39-43-47-51-55-59-63-67-73(78)72(71-77)76-74(79)68-64-60-56-52-48-44-40-37-35-33-31-29-27-25-23-21-22-24-26-28-30-32-34-36-38-42-46-50-54-58-62-66-70-81-75(80)69-65-61-57-53-49-45-41-20-18-16-14-12-10-8-6-4-2/h63,67,72-73,77-78H,3-62,64-66,68-71H2,1-2H3,(H,76,79)/b67-63+. The monoisotopic (exact) mass is 1140 g/mol. The molecule has 0 radical (unpaired) electrons. The van der Waals surface area contributed by atoms with Crippen molar-refractivity contribution in [1.29, 1.82) is 0 Å². The summed E-state index contributed by atoms with van der Waals surface area (Å²) in [5.41, 5.74) is 0. The molecule has 0 aliphatic heterocycles. The third-order valence-corrected chi connectivity index (χ3v) is 17.8. The van der Waals surface area contributed by atoms with E-state index < -0.39 is 12.1 Å². The Morgan fingerprint density at radius 1 is 0.333 bits per heavy atom. The number of allylic oxidation sites excluding steroid dienone is 1. The summed E-state index contributed by atoms with van der Waals surface area (Å²) in [7, 11) is 0. The van der Waals surface area contributed by atoms with Crippen molar-refractivity contribution in [3.63, 3.8) is 0 Å². The second kappa shape index (κ2) is 71.1. The molecule has 0 aromatic carbocycles. The van der Waals surface area contributed by atoms with Crippen LogP contribution in [0.2, 0.25) is 0 Å². The lowest BCUT2D eigenvalue weighted by Gasteiger charge is -2.20. The van der Waals surface area contributed by atoms with Crippen molar-refractivity contribution in [1.82, 2.24) is 5.32 Å². The molecule has 2 atom stereocenters. The SMILES string of the molecule is CCCCCCCCCCCCCCCC/C=C/C(O)C(CO)NC(=O)CCCCCCCCCCCCCCCCCCCCCCCCCCCCCCCCCCOC(=O)CCCCCCCCCCCCCCCCCC. The van der Waals surface area contributed by atoms with Gasteiger partial charge in [0.05, 0.1) is 25.4 Å². The fourth-order valence-corrected chi connectivity index (χ4v) is 12.1. The molecule has 482 valence electrons. The smallest absolute Gasteiger partial charge is 0.305 e. The van der Waals surface area contributed by atoms with Gasteiger partial charge in [0.25, 0.3) is 0 Å². The molecule has 0 heterocycles. The number of aliphatic hydroxyl groups is 2. The van der Waals surface area contributed by atoms with Crippen molar-refractivity contribution in [2.24, 2.45) is 0 Å². The van der Waals surface area contributed by atoms with E-state index >= 15 is 0 Å². The van der Waals surface area contributed by atoms with Crippen LogP contribution in [0.15, 0.2) is 12.2 Å². The van der Waals surface area contributed by atoms with Gasteiger partial charge in [-0.25, -0.2) is 0 Å². The summed E-state index contributed by atoms with van der Waals surface area (Å²) in [5.74, 6) is -0.0344. The average Bonchev–Trinajstić information content (AvgIpc) is 3.47. The quantitative estimate of drug-likeness (QED) is 0.0320. The lowest BCUT2D eigenvalue weighted by molar-refractivity contribution is -0.143. The highest BCUT2D eigenvalue weighted by molar-refractivity contribution is 5.76. The van der Waals surface area contributed by atoms with E-state index in [-0.39, 0.29) is 18.5 Å². The number of unbranched alkanes of at least 4 members (excludes halogenated alkanes) is 60. The van der Waals surface area contributed by atoms with Crippen LogP contribution in [0.1, 0.15) is 431 Å². The van der Waals surface area contributed by atoms with Gasteiger partial charge in [-0.3, -0.25) is 9.59 Å². The molecular weight excluding hydrogens is 995 g/mol. The zero-order chi connectivity index (χ0) is 58.5. The van der Waals surface area contributed by atoms with Crippen LogP contribution in [0.5, 0.6) is 0 Å². The summed E-state index contributed by atoms with van der Waals surface area (Å²) >= 11 is 0. The Labute approximate surface area is 508 Å². The van der Waals surface area contributed by atoms with E-state index in [1.165, 1.54) is 366 Å². The predicted molar refractivity (Wildman–Crippen MR) is 357 cm³/mol. The summed E-state index contributed by atoms with van der Waals surface area (Å²) in [6, 6.07) is -0.624. The molecule has 0 aliphatic carbocycles. The zero-order valence-electron chi connectivity index (χ0n) is 55.3. The van der Waals surface area contributed by atoms with E-state index in [0.29, 0.717) is 19.4 Å². The molecule has 0 saturated heterocycles. The molecule has 0 aromatic heterocycles. The average molecular weight is 1140 g/mol. The minimum Gasteiger partial charge on any atom is -0.466 e. The van der Waals surface area contributed by atoms with Crippen molar-refractivity contribution >= 4 is 11.9 Å². The predicted octanol–water partition coefficient (Wildman–Crippen LogP) is 24.3. The first kappa shape index (κ1) is 79.6. The summed E-state index contributed by atoms with van der Waals surface area (Å²) in [4.78, 5) is 24.6. The van der Waals surface area contributed by atoms with Gasteiger partial charge >= 0.3 is 5.97 Å². The minimum absolute atomic E-state index is 0.0255. The first-order valence-electron chi connectivity index (χ1n) is 37.5. The molecule has 0 aliphatic rings. The van der Waals surface area contributed by atoms with Gasteiger partial charge in [0.15, 0.2) is 0 Å². The summed E-state index contributed by atoms with van der Waals surface area (Å²) in [6.45, 7) is 4.96. The Bertz CT molecular complexity index is 1220. The van der Waals surface area contributed by atoms with Gasteiger partial charge in [0.1, 0.15) is 0 Å². The molecule has 6 heteroatoms. The molecule has 3 N–H and O–H groups in total. The molecule has 0 bridgehead atoms. The maximum Gasteiger partial charge on any atom is 0.305 e. The number of hydrogen-bond donors (Lipinski definition) is 3. The largest absolute Gasteiger partial charge is 0.466 e. The number of esters is 1. The molecular formula is C75H147NO5. The molecule has 0 rings (SSSR count). The van der Waals surface area contributed by atoms with E-state index in [9.17, 15) is 19.8 Å². The number of carbonyl (C=O) groups excluding carboxylic acids is 2. The molecule has 0 spiro atoms. The number of nitrogens with one attached hydrogen (secondary N) is 1. The lowest BCUT2D eigenvalue weighted by Crippen LogP contribution is -2.45. The number of amides is 1. The second-order valence-electron chi connectivity index (χ2n) is 26.0. The van der Waals surface area contributed by atoms with Crippen LogP contribution in [0.4, 0.5) is 0 Å². The van der Waals surface area contributed by atoms with E-state index in [0.717, 1.165) is 38.5 Å². The molecule has 0 saturated carbocycles. The third-order valence-electron chi connectivity index (χ3n) is 17.8. The first-order chi connectivity index (χ1) is 40.0. The Morgan fingerprint density at radius 2 is 0.568 bits per heavy atom. The Hall–Kier alpha value is -1.40. The van der Waals surface area contributed by atoms with E-state index in [1.807, 2.05) is 6.08 Å². The molecule has 1 amide bonds. The van der Waals surface area contributed by atoms with Gasteiger partial charge in [0.2, 0.25) is 5.91 Å². The Balaban J connectivity index is 3.32. The Kier molecular flexibility index (Phi) is 69.9.